The van der Waals surface area contributed by atoms with Gasteiger partial charge in [-0.2, -0.15) is 0 Å². The molecule has 1 aliphatic rings. The van der Waals surface area contributed by atoms with Gasteiger partial charge in [-0.15, -0.1) is 11.3 Å². The van der Waals surface area contributed by atoms with Gasteiger partial charge in [0.2, 0.25) is 0 Å². The molecule has 0 bridgehead atoms. The molecule has 3 aromatic rings. The molecule has 0 radical (unpaired) electrons. The zero-order valence-corrected chi connectivity index (χ0v) is 18.3. The van der Waals surface area contributed by atoms with Crippen LogP contribution in [0.15, 0.2) is 42.0 Å². The maximum Gasteiger partial charge on any atom is 0.273 e. The molecular formula is C22H22F2N4O3S. The molecular weight excluding hydrogens is 438 g/mol. The highest BCUT2D eigenvalue weighted by Gasteiger charge is 2.39. The number of aryl methyl sites for hydroxylation is 2. The molecule has 7 nitrogen and oxygen atoms in total. The normalized spacial score (nSPS) is 15.2. The van der Waals surface area contributed by atoms with E-state index in [1.54, 1.807) is 47.6 Å². The minimum absolute atomic E-state index is 0.0253. The summed E-state index contributed by atoms with van der Waals surface area (Å²) in [6, 6.07) is 5.64. The molecule has 0 unspecified atom stereocenters. The van der Waals surface area contributed by atoms with Gasteiger partial charge in [0.25, 0.3) is 17.7 Å². The van der Waals surface area contributed by atoms with Crippen LogP contribution in [-0.2, 0) is 28.9 Å². The van der Waals surface area contributed by atoms with Gasteiger partial charge in [-0.3, -0.25) is 9.59 Å². The summed E-state index contributed by atoms with van der Waals surface area (Å²) in [5, 5.41) is 7.31. The number of halogens is 2. The first kappa shape index (κ1) is 22.1. The van der Waals surface area contributed by atoms with E-state index in [0.29, 0.717) is 33.9 Å². The van der Waals surface area contributed by atoms with Gasteiger partial charge in [0.05, 0.1) is 17.9 Å². The molecule has 4 rings (SSSR count). The van der Waals surface area contributed by atoms with Gasteiger partial charge in [-0.05, 0) is 24.1 Å². The Balaban J connectivity index is 1.46. The molecule has 0 saturated carbocycles. The fraction of sp³-hybridized carbons (Fsp3) is 0.318. The molecule has 2 N–H and O–H groups in total. The van der Waals surface area contributed by atoms with Crippen molar-refractivity contribution < 1.29 is 23.1 Å². The van der Waals surface area contributed by atoms with E-state index in [2.05, 4.69) is 15.6 Å². The molecule has 0 spiro atoms. The minimum atomic E-state index is -2.83. The first-order valence-corrected chi connectivity index (χ1v) is 10.8. The lowest BCUT2D eigenvalue weighted by Gasteiger charge is -2.16. The van der Waals surface area contributed by atoms with Crippen LogP contribution in [-0.4, -0.2) is 41.1 Å². The Labute approximate surface area is 187 Å². The third-order valence-corrected chi connectivity index (χ3v) is 6.05. The molecule has 0 aliphatic heterocycles. The number of hydrogen-bond acceptors (Lipinski definition) is 5. The number of anilines is 1. The number of amides is 2. The Morgan fingerprint density at radius 1 is 1.34 bits per heavy atom. The van der Waals surface area contributed by atoms with Crippen LogP contribution in [0.4, 0.5) is 13.9 Å². The van der Waals surface area contributed by atoms with Gasteiger partial charge >= 0.3 is 0 Å². The molecule has 168 valence electrons. The highest BCUT2D eigenvalue weighted by molar-refractivity contribution is 7.14. The average Bonchev–Trinajstić information content (AvgIpc) is 3.47. The van der Waals surface area contributed by atoms with E-state index < -0.39 is 23.8 Å². The van der Waals surface area contributed by atoms with Gasteiger partial charge in [0.1, 0.15) is 6.04 Å². The second-order valence-electron chi connectivity index (χ2n) is 7.65. The number of fused-ring (bicyclic) bond motifs is 1. The second kappa shape index (κ2) is 8.79. The quantitative estimate of drug-likeness (QED) is 0.565. The minimum Gasteiger partial charge on any atom is -0.382 e. The number of nitrogens with one attached hydrogen (secondary N) is 2. The fourth-order valence-corrected chi connectivity index (χ4v) is 4.33. The standard InChI is InChI=1S/C22H22F2N4O3S/c1-28-8-6-15(10-28)19(29)25-17(11-31-2)20(30)27-21-26-18(12-32-21)14-4-3-13-5-7-22(23,24)16(13)9-14/h3-4,6,8-10,12,17H,5,7,11H2,1-2H3,(H,25,29)(H,26,27,30)/t17-/m0/s1. The van der Waals surface area contributed by atoms with Crippen LogP contribution >= 0.6 is 11.3 Å². The summed E-state index contributed by atoms with van der Waals surface area (Å²) in [7, 11) is 3.22. The van der Waals surface area contributed by atoms with Crippen molar-refractivity contribution in [3.05, 3.63) is 58.7 Å². The second-order valence-corrected chi connectivity index (χ2v) is 8.51. The Kier molecular flexibility index (Phi) is 6.07. The largest absolute Gasteiger partial charge is 0.382 e. The van der Waals surface area contributed by atoms with Crippen molar-refractivity contribution >= 4 is 28.3 Å². The Morgan fingerprint density at radius 2 is 2.16 bits per heavy atom. The van der Waals surface area contributed by atoms with Crippen molar-refractivity contribution in [2.75, 3.05) is 19.0 Å². The van der Waals surface area contributed by atoms with E-state index in [9.17, 15) is 18.4 Å². The van der Waals surface area contributed by atoms with Crippen LogP contribution in [0.2, 0.25) is 0 Å². The van der Waals surface area contributed by atoms with E-state index in [0.717, 1.165) is 0 Å². The molecule has 0 fully saturated rings. The monoisotopic (exact) mass is 460 g/mol. The van der Waals surface area contributed by atoms with E-state index in [-0.39, 0.29) is 18.6 Å². The van der Waals surface area contributed by atoms with Crippen molar-refractivity contribution in [2.24, 2.45) is 7.05 Å². The Morgan fingerprint density at radius 3 is 2.88 bits per heavy atom. The summed E-state index contributed by atoms with van der Waals surface area (Å²) in [6.45, 7) is -0.0253. The fourth-order valence-electron chi connectivity index (χ4n) is 3.61. The van der Waals surface area contributed by atoms with Crippen molar-refractivity contribution in [3.63, 3.8) is 0 Å². The third kappa shape index (κ3) is 4.56. The molecule has 1 atom stereocenters. The van der Waals surface area contributed by atoms with Crippen molar-refractivity contribution in [2.45, 2.75) is 24.8 Å². The highest BCUT2D eigenvalue weighted by Crippen LogP contribution is 2.43. The molecule has 0 saturated heterocycles. The number of benzene rings is 1. The van der Waals surface area contributed by atoms with Crippen molar-refractivity contribution in [3.8, 4) is 11.3 Å². The van der Waals surface area contributed by atoms with Gasteiger partial charge in [0.15, 0.2) is 5.13 Å². The van der Waals surface area contributed by atoms with Crippen LogP contribution in [0.3, 0.4) is 0 Å². The molecule has 1 aromatic carbocycles. The third-order valence-electron chi connectivity index (χ3n) is 5.29. The van der Waals surface area contributed by atoms with E-state index in [1.807, 2.05) is 0 Å². The number of methoxy groups -OCH3 is 1. The Hall–Kier alpha value is -3.11. The lowest BCUT2D eigenvalue weighted by molar-refractivity contribution is -0.119. The van der Waals surface area contributed by atoms with Crippen LogP contribution in [0, 0.1) is 0 Å². The Bertz CT molecular complexity index is 1160. The van der Waals surface area contributed by atoms with Gasteiger partial charge in [-0.1, -0.05) is 12.1 Å². The zero-order chi connectivity index (χ0) is 22.9. The average molecular weight is 461 g/mol. The van der Waals surface area contributed by atoms with Crippen LogP contribution < -0.4 is 10.6 Å². The van der Waals surface area contributed by atoms with E-state index >= 15 is 0 Å². The summed E-state index contributed by atoms with van der Waals surface area (Å²) in [4.78, 5) is 29.5. The van der Waals surface area contributed by atoms with Gasteiger partial charge < -0.3 is 19.9 Å². The number of ether oxygens (including phenoxy) is 1. The molecule has 2 aromatic heterocycles. The lowest BCUT2D eigenvalue weighted by atomic mass is 10.0. The topological polar surface area (TPSA) is 85.2 Å². The SMILES string of the molecule is COC[C@H](NC(=O)c1ccn(C)c1)C(=O)Nc1nc(-c2ccc3c(c2)C(F)(F)CC3)cs1. The molecule has 2 amide bonds. The maximum absolute atomic E-state index is 14.1. The molecule has 2 heterocycles. The molecule has 32 heavy (non-hydrogen) atoms. The highest BCUT2D eigenvalue weighted by atomic mass is 32.1. The number of nitrogens with zero attached hydrogens (tertiary/aromatic N) is 2. The number of alkyl halides is 2. The number of carbonyl (C=O) groups is 2. The first-order valence-electron chi connectivity index (χ1n) is 9.96. The van der Waals surface area contributed by atoms with Crippen LogP contribution in [0.5, 0.6) is 0 Å². The predicted octanol–water partition coefficient (Wildman–Crippen LogP) is 3.57. The number of aromatic nitrogens is 2. The number of carbonyl (C=O) groups excluding carboxylic acids is 2. The zero-order valence-electron chi connectivity index (χ0n) is 17.5. The van der Waals surface area contributed by atoms with Gasteiger partial charge in [-0.25, -0.2) is 13.8 Å². The lowest BCUT2D eigenvalue weighted by Crippen LogP contribution is -2.46. The van der Waals surface area contributed by atoms with Crippen LogP contribution in [0.25, 0.3) is 11.3 Å². The first-order chi connectivity index (χ1) is 15.3. The number of rotatable bonds is 7. The smallest absolute Gasteiger partial charge is 0.273 e. The summed E-state index contributed by atoms with van der Waals surface area (Å²) < 4.78 is 35.0. The summed E-state index contributed by atoms with van der Waals surface area (Å²) in [6.07, 6.45) is 3.55. The summed E-state index contributed by atoms with van der Waals surface area (Å²) >= 11 is 1.17. The van der Waals surface area contributed by atoms with Crippen LogP contribution in [0.1, 0.15) is 27.9 Å². The van der Waals surface area contributed by atoms with Crippen molar-refractivity contribution in [1.29, 1.82) is 0 Å². The number of hydrogen-bond donors (Lipinski definition) is 2. The maximum atomic E-state index is 14.1. The molecule has 10 heteroatoms. The van der Waals surface area contributed by atoms with E-state index in [4.69, 9.17) is 4.74 Å². The summed E-state index contributed by atoms with van der Waals surface area (Å²) in [5.41, 5.74) is 2.17. The summed E-state index contributed by atoms with van der Waals surface area (Å²) in [5.74, 6) is -3.72. The predicted molar refractivity (Wildman–Crippen MR) is 117 cm³/mol. The van der Waals surface area contributed by atoms with Crippen molar-refractivity contribution in [1.82, 2.24) is 14.9 Å². The molecule has 1 aliphatic carbocycles. The number of thiazole rings is 1. The van der Waals surface area contributed by atoms with E-state index in [1.165, 1.54) is 24.5 Å². The van der Waals surface area contributed by atoms with Gasteiger partial charge in [0, 0.05) is 49.5 Å².